The Morgan fingerprint density at radius 2 is 2.03 bits per heavy atom. The molecule has 0 bridgehead atoms. The zero-order valence-electron chi connectivity index (χ0n) is 15.8. The first-order valence-electron chi connectivity index (χ1n) is 9.56. The molecule has 162 valence electrons. The molecule has 0 saturated carbocycles. The van der Waals surface area contributed by atoms with Gasteiger partial charge >= 0.3 is 11.9 Å². The number of hydrogen-bond acceptors (Lipinski definition) is 3. The van der Waals surface area contributed by atoms with Crippen LogP contribution in [-0.4, -0.2) is 44.2 Å². The highest BCUT2D eigenvalue weighted by atomic mass is 19.4. The largest absolute Gasteiger partial charge is 0.416 e. The summed E-state index contributed by atoms with van der Waals surface area (Å²) in [5.41, 5.74) is -1.23. The van der Waals surface area contributed by atoms with Crippen molar-refractivity contribution in [1.82, 2.24) is 19.2 Å². The van der Waals surface area contributed by atoms with Crippen molar-refractivity contribution in [3.63, 3.8) is 0 Å². The first kappa shape index (κ1) is 20.5. The van der Waals surface area contributed by atoms with Crippen LogP contribution in [0.3, 0.4) is 0 Å². The highest BCUT2D eigenvalue weighted by Gasteiger charge is 2.43. The zero-order valence-corrected chi connectivity index (χ0v) is 15.8. The van der Waals surface area contributed by atoms with Gasteiger partial charge in [-0.15, -0.1) is 0 Å². The van der Waals surface area contributed by atoms with E-state index in [0.717, 1.165) is 21.7 Å². The van der Waals surface area contributed by atoms with Crippen LogP contribution < -0.4 is 5.69 Å². The van der Waals surface area contributed by atoms with E-state index in [1.54, 1.807) is 0 Å². The van der Waals surface area contributed by atoms with Gasteiger partial charge in [0.05, 0.1) is 18.7 Å². The summed E-state index contributed by atoms with van der Waals surface area (Å²) in [4.78, 5) is 26.7. The number of nitrogens with zero attached hydrogens (tertiary/aromatic N) is 4. The number of benzene rings is 1. The summed E-state index contributed by atoms with van der Waals surface area (Å²) in [5.74, 6) is -3.15. The van der Waals surface area contributed by atoms with Crippen LogP contribution in [0, 0.1) is 0 Å². The van der Waals surface area contributed by atoms with Crippen LogP contribution in [0.1, 0.15) is 42.3 Å². The van der Waals surface area contributed by atoms with E-state index in [2.05, 4.69) is 5.10 Å². The lowest BCUT2D eigenvalue weighted by Crippen LogP contribution is -2.42. The predicted molar refractivity (Wildman–Crippen MR) is 95.2 cm³/mol. The minimum atomic E-state index is -4.51. The van der Waals surface area contributed by atoms with E-state index in [4.69, 9.17) is 0 Å². The fourth-order valence-corrected chi connectivity index (χ4v) is 4.02. The maximum Gasteiger partial charge on any atom is 0.416 e. The quantitative estimate of drug-likeness (QED) is 0.704. The molecule has 11 heteroatoms. The summed E-state index contributed by atoms with van der Waals surface area (Å²) in [6.07, 6.45) is -3.62. The molecule has 6 nitrogen and oxygen atoms in total. The van der Waals surface area contributed by atoms with Gasteiger partial charge in [0.1, 0.15) is 11.9 Å². The molecular formula is C19H19F5N4O2. The molecule has 1 amide bonds. The standard InChI is InChI=1S/C19H19F5N4O2/c20-18(21)7-8-26(11-18)16(29)14-5-2-6-15-25-27(17(30)28(14)15)10-12-3-1-4-13(9-12)19(22,23)24/h1,3-4,9,14H,2,5-8,10-11H2. The number of aryl methyl sites for hydroxylation is 1. The number of aromatic nitrogens is 3. The Balaban J connectivity index is 1.61. The first-order chi connectivity index (χ1) is 14.0. The summed E-state index contributed by atoms with van der Waals surface area (Å²) < 4.78 is 68.0. The summed E-state index contributed by atoms with van der Waals surface area (Å²) in [7, 11) is 0. The highest BCUT2D eigenvalue weighted by molar-refractivity contribution is 5.81. The van der Waals surface area contributed by atoms with Crippen LogP contribution in [0.25, 0.3) is 0 Å². The Morgan fingerprint density at radius 1 is 1.27 bits per heavy atom. The minimum absolute atomic E-state index is 0.0786. The number of rotatable bonds is 3. The fraction of sp³-hybridized carbons (Fsp3) is 0.526. The topological polar surface area (TPSA) is 60.1 Å². The third-order valence-corrected chi connectivity index (χ3v) is 5.48. The average Bonchev–Trinajstić information content (AvgIpc) is 3.20. The van der Waals surface area contributed by atoms with Crippen molar-refractivity contribution >= 4 is 5.91 Å². The predicted octanol–water partition coefficient (Wildman–Crippen LogP) is 2.86. The molecule has 1 aromatic heterocycles. The van der Waals surface area contributed by atoms with Crippen LogP contribution in [0.4, 0.5) is 22.0 Å². The monoisotopic (exact) mass is 430 g/mol. The van der Waals surface area contributed by atoms with Crippen molar-refractivity contribution < 1.29 is 26.7 Å². The summed E-state index contributed by atoms with van der Waals surface area (Å²) >= 11 is 0. The smallest absolute Gasteiger partial charge is 0.335 e. The van der Waals surface area contributed by atoms with Gasteiger partial charge in [-0.2, -0.15) is 18.3 Å². The molecular weight excluding hydrogens is 411 g/mol. The third-order valence-electron chi connectivity index (χ3n) is 5.48. The Hall–Kier alpha value is -2.72. The molecule has 2 aromatic rings. The van der Waals surface area contributed by atoms with Crippen molar-refractivity contribution in [2.45, 2.75) is 50.4 Å². The molecule has 1 atom stereocenters. The molecule has 4 rings (SSSR count). The first-order valence-corrected chi connectivity index (χ1v) is 9.56. The lowest BCUT2D eigenvalue weighted by atomic mass is 10.0. The zero-order chi connectivity index (χ0) is 21.7. The summed E-state index contributed by atoms with van der Waals surface area (Å²) in [6, 6.07) is 3.66. The number of alkyl halides is 5. The van der Waals surface area contributed by atoms with Gasteiger partial charge < -0.3 is 4.90 Å². The van der Waals surface area contributed by atoms with Gasteiger partial charge in [-0.05, 0) is 30.5 Å². The molecule has 2 aliphatic rings. The SMILES string of the molecule is O=C(C1CCCc2nn(Cc3cccc(C(F)(F)F)c3)c(=O)n21)N1CCC(F)(F)C1. The Bertz CT molecular complexity index is 1030. The Kier molecular flexibility index (Phi) is 4.94. The highest BCUT2D eigenvalue weighted by Crippen LogP contribution is 2.32. The van der Waals surface area contributed by atoms with Crippen molar-refractivity contribution in [2.75, 3.05) is 13.1 Å². The van der Waals surface area contributed by atoms with Crippen molar-refractivity contribution in [2.24, 2.45) is 0 Å². The van der Waals surface area contributed by atoms with E-state index in [0.29, 0.717) is 25.1 Å². The maximum atomic E-state index is 13.5. The Morgan fingerprint density at radius 3 is 2.70 bits per heavy atom. The van der Waals surface area contributed by atoms with Gasteiger partial charge in [0.25, 0.3) is 5.92 Å². The second-order valence-corrected chi connectivity index (χ2v) is 7.70. The lowest BCUT2D eigenvalue weighted by molar-refractivity contribution is -0.137. The van der Waals surface area contributed by atoms with E-state index in [-0.39, 0.29) is 18.7 Å². The number of amides is 1. The van der Waals surface area contributed by atoms with Crippen molar-refractivity contribution in [3.8, 4) is 0 Å². The number of carbonyl (C=O) groups is 1. The number of likely N-dealkylation sites (tertiary alicyclic amines) is 1. The van der Waals surface area contributed by atoms with Crippen molar-refractivity contribution in [3.05, 3.63) is 51.7 Å². The van der Waals surface area contributed by atoms with E-state index in [1.165, 1.54) is 16.7 Å². The van der Waals surface area contributed by atoms with Gasteiger partial charge in [-0.25, -0.2) is 18.3 Å². The average molecular weight is 430 g/mol. The lowest BCUT2D eigenvalue weighted by Gasteiger charge is -2.27. The van der Waals surface area contributed by atoms with Gasteiger partial charge in [0, 0.05) is 19.4 Å². The van der Waals surface area contributed by atoms with E-state index in [9.17, 15) is 31.5 Å². The molecule has 0 aliphatic carbocycles. The van der Waals surface area contributed by atoms with Crippen molar-refractivity contribution in [1.29, 1.82) is 0 Å². The van der Waals surface area contributed by atoms with Crippen LogP contribution in [-0.2, 0) is 23.9 Å². The van der Waals surface area contributed by atoms with Crippen LogP contribution >= 0.6 is 0 Å². The molecule has 1 aromatic carbocycles. The third kappa shape index (κ3) is 3.84. The van der Waals surface area contributed by atoms with Gasteiger partial charge in [-0.3, -0.25) is 9.36 Å². The Labute approximate surface area is 167 Å². The number of halogens is 5. The van der Waals surface area contributed by atoms with Gasteiger partial charge in [0.15, 0.2) is 0 Å². The number of hydrogen-bond donors (Lipinski definition) is 0. The molecule has 30 heavy (non-hydrogen) atoms. The molecule has 0 spiro atoms. The van der Waals surface area contributed by atoms with Crippen LogP contribution in [0.2, 0.25) is 0 Å². The fourth-order valence-electron chi connectivity index (χ4n) is 4.02. The molecule has 3 heterocycles. The number of fused-ring (bicyclic) bond motifs is 1. The van der Waals surface area contributed by atoms with E-state index in [1.807, 2.05) is 0 Å². The van der Waals surface area contributed by atoms with Crippen LogP contribution in [0.5, 0.6) is 0 Å². The molecule has 1 fully saturated rings. The summed E-state index contributed by atoms with van der Waals surface area (Å²) in [6.45, 7) is -0.943. The van der Waals surface area contributed by atoms with Gasteiger partial charge in [0.2, 0.25) is 5.91 Å². The minimum Gasteiger partial charge on any atom is -0.335 e. The molecule has 0 radical (unpaired) electrons. The molecule has 1 saturated heterocycles. The second-order valence-electron chi connectivity index (χ2n) is 7.70. The van der Waals surface area contributed by atoms with E-state index >= 15 is 0 Å². The summed E-state index contributed by atoms with van der Waals surface area (Å²) in [5, 5.41) is 4.19. The van der Waals surface area contributed by atoms with Crippen LogP contribution in [0.15, 0.2) is 29.1 Å². The molecule has 0 N–H and O–H groups in total. The van der Waals surface area contributed by atoms with E-state index < -0.39 is 48.3 Å². The van der Waals surface area contributed by atoms with Gasteiger partial charge in [-0.1, -0.05) is 12.1 Å². The normalized spacial score (nSPS) is 21.0. The number of carbonyl (C=O) groups excluding carboxylic acids is 1. The second kappa shape index (κ2) is 7.21. The molecule has 2 aliphatic heterocycles. The maximum absolute atomic E-state index is 13.5. The molecule has 1 unspecified atom stereocenters.